The van der Waals surface area contributed by atoms with Crippen molar-refractivity contribution in [3.63, 3.8) is 0 Å². The highest BCUT2D eigenvalue weighted by molar-refractivity contribution is 5.38. The Kier molecular flexibility index (Phi) is 9.00. The lowest BCUT2D eigenvalue weighted by molar-refractivity contribution is -0.0423. The van der Waals surface area contributed by atoms with Gasteiger partial charge in [-0.3, -0.25) is 0 Å². The van der Waals surface area contributed by atoms with E-state index in [9.17, 15) is 15.3 Å². The van der Waals surface area contributed by atoms with Crippen molar-refractivity contribution in [1.29, 1.82) is 0 Å². The highest BCUT2D eigenvalue weighted by Gasteiger charge is 2.51. The van der Waals surface area contributed by atoms with Gasteiger partial charge in [-0.2, -0.15) is 0 Å². The summed E-state index contributed by atoms with van der Waals surface area (Å²) in [5.41, 5.74) is 3.49. The van der Waals surface area contributed by atoms with E-state index in [1.807, 2.05) is 0 Å². The monoisotopic (exact) mass is 486 g/mol. The first kappa shape index (κ1) is 27.1. The highest BCUT2D eigenvalue weighted by atomic mass is 16.5. The minimum atomic E-state index is -0.441. The Hall–Kier alpha value is -0.940. The van der Waals surface area contributed by atoms with Crippen LogP contribution in [0.3, 0.4) is 0 Å². The lowest BCUT2D eigenvalue weighted by Crippen LogP contribution is -2.39. The molecule has 4 saturated carbocycles. The van der Waals surface area contributed by atoms with Crippen LogP contribution in [0.5, 0.6) is 0 Å². The van der Waals surface area contributed by atoms with Gasteiger partial charge in [0.05, 0.1) is 24.4 Å². The van der Waals surface area contributed by atoms with E-state index in [1.54, 1.807) is 5.57 Å². The average molecular weight is 487 g/mol. The SMILES string of the molecule is C=C1/C(=C\C=C2/CCC[C@]3(C)C([C@@H](C)OCCCC4(O)CCCCC4)CC[C@@H]23)C[C@@H](O)C[C@@H]1CO. The number of hydrogen-bond acceptors (Lipinski definition) is 4. The van der Waals surface area contributed by atoms with Crippen molar-refractivity contribution >= 4 is 0 Å². The summed E-state index contributed by atoms with van der Waals surface area (Å²) in [6.07, 6.45) is 19.1. The van der Waals surface area contributed by atoms with Crippen LogP contribution in [0.4, 0.5) is 0 Å². The Morgan fingerprint density at radius 2 is 1.89 bits per heavy atom. The summed E-state index contributed by atoms with van der Waals surface area (Å²) in [5, 5.41) is 30.7. The smallest absolute Gasteiger partial charge is 0.0648 e. The second-order valence-corrected chi connectivity index (χ2v) is 12.5. The largest absolute Gasteiger partial charge is 0.396 e. The zero-order valence-electron chi connectivity index (χ0n) is 22.3. The fourth-order valence-electron chi connectivity index (χ4n) is 8.07. The van der Waals surface area contributed by atoms with Crippen molar-refractivity contribution in [2.45, 2.75) is 122 Å². The molecule has 1 unspecified atom stereocenters. The van der Waals surface area contributed by atoms with Gasteiger partial charge in [0.1, 0.15) is 0 Å². The molecule has 6 atom stereocenters. The van der Waals surface area contributed by atoms with Crippen molar-refractivity contribution in [2.24, 2.45) is 23.2 Å². The van der Waals surface area contributed by atoms with Gasteiger partial charge in [0.2, 0.25) is 0 Å². The zero-order valence-corrected chi connectivity index (χ0v) is 22.3. The maximum absolute atomic E-state index is 10.8. The summed E-state index contributed by atoms with van der Waals surface area (Å²) < 4.78 is 6.41. The van der Waals surface area contributed by atoms with E-state index < -0.39 is 5.60 Å². The number of rotatable bonds is 8. The fraction of sp³-hybridized carbons (Fsp3) is 0.806. The second kappa shape index (κ2) is 11.6. The van der Waals surface area contributed by atoms with Crippen molar-refractivity contribution < 1.29 is 20.1 Å². The summed E-state index contributed by atoms with van der Waals surface area (Å²) in [5.74, 6) is 1.15. The Labute approximate surface area is 213 Å². The summed E-state index contributed by atoms with van der Waals surface area (Å²) in [6, 6.07) is 0. The Bertz CT molecular complexity index is 792. The predicted molar refractivity (Wildman–Crippen MR) is 142 cm³/mol. The van der Waals surface area contributed by atoms with Crippen molar-refractivity contribution in [2.75, 3.05) is 13.2 Å². The molecule has 4 aliphatic carbocycles. The molecule has 4 fully saturated rings. The first-order valence-electron chi connectivity index (χ1n) is 14.5. The van der Waals surface area contributed by atoms with E-state index in [-0.39, 0.29) is 30.1 Å². The van der Waals surface area contributed by atoms with Gasteiger partial charge >= 0.3 is 0 Å². The van der Waals surface area contributed by atoms with Gasteiger partial charge in [-0.15, -0.1) is 0 Å². The van der Waals surface area contributed by atoms with Crippen LogP contribution >= 0.6 is 0 Å². The molecule has 35 heavy (non-hydrogen) atoms. The van der Waals surface area contributed by atoms with Crippen LogP contribution in [0.2, 0.25) is 0 Å². The fourth-order valence-corrected chi connectivity index (χ4v) is 8.07. The van der Waals surface area contributed by atoms with E-state index in [0.29, 0.717) is 24.7 Å². The van der Waals surface area contributed by atoms with E-state index in [1.165, 1.54) is 44.9 Å². The summed E-state index contributed by atoms with van der Waals surface area (Å²) >= 11 is 0. The van der Waals surface area contributed by atoms with E-state index >= 15 is 0 Å². The lowest BCUT2D eigenvalue weighted by Gasteiger charge is -2.44. The molecule has 4 nitrogen and oxygen atoms in total. The van der Waals surface area contributed by atoms with Crippen LogP contribution in [-0.2, 0) is 4.74 Å². The van der Waals surface area contributed by atoms with Crippen LogP contribution in [0.1, 0.15) is 104 Å². The summed E-state index contributed by atoms with van der Waals surface area (Å²) in [4.78, 5) is 0. The molecule has 4 heteroatoms. The molecule has 198 valence electrons. The van der Waals surface area contributed by atoms with E-state index in [2.05, 4.69) is 32.6 Å². The van der Waals surface area contributed by atoms with Gasteiger partial charge in [0.25, 0.3) is 0 Å². The molecule has 0 aromatic carbocycles. The van der Waals surface area contributed by atoms with Crippen LogP contribution in [0.15, 0.2) is 35.5 Å². The van der Waals surface area contributed by atoms with Crippen LogP contribution in [-0.4, -0.2) is 46.3 Å². The van der Waals surface area contributed by atoms with Gasteiger partial charge in [-0.25, -0.2) is 0 Å². The molecule has 0 aromatic rings. The second-order valence-electron chi connectivity index (χ2n) is 12.5. The topological polar surface area (TPSA) is 69.9 Å². The molecule has 0 heterocycles. The lowest BCUT2D eigenvalue weighted by atomic mass is 9.62. The maximum atomic E-state index is 10.8. The molecule has 0 bridgehead atoms. The Morgan fingerprint density at radius 3 is 2.63 bits per heavy atom. The average Bonchev–Trinajstić information content (AvgIpc) is 3.20. The summed E-state index contributed by atoms with van der Waals surface area (Å²) in [6.45, 7) is 9.81. The molecule has 4 rings (SSSR count). The van der Waals surface area contributed by atoms with Gasteiger partial charge in [0.15, 0.2) is 0 Å². The standard InChI is InChI=1S/C31H50O4/c1-22-25(19-27(33)20-26(22)21-32)11-10-24-9-7-14-30(3)28(12-13-29(24)30)23(2)35-18-8-17-31(34)15-5-4-6-16-31/h10-11,23,26-29,32-34H,1,4-9,12-21H2,2-3H3/b24-10+,25-11-/t23-,26-,27-,28?,29+,30-/m1/s1. The van der Waals surface area contributed by atoms with Crippen LogP contribution < -0.4 is 0 Å². The minimum absolute atomic E-state index is 0.0206. The van der Waals surface area contributed by atoms with Gasteiger partial charge < -0.3 is 20.1 Å². The molecule has 0 radical (unpaired) electrons. The molecular formula is C31H50O4. The van der Waals surface area contributed by atoms with E-state index in [4.69, 9.17) is 4.74 Å². The number of aliphatic hydroxyl groups is 3. The number of aliphatic hydroxyl groups excluding tert-OH is 2. The third-order valence-corrected chi connectivity index (χ3v) is 10.2. The normalized spacial score (nSPS) is 38.6. The molecule has 0 amide bonds. The molecular weight excluding hydrogens is 436 g/mol. The quantitative estimate of drug-likeness (QED) is 0.354. The molecule has 0 aliphatic heterocycles. The zero-order chi connectivity index (χ0) is 25.1. The van der Waals surface area contributed by atoms with E-state index in [0.717, 1.165) is 49.9 Å². The van der Waals surface area contributed by atoms with Crippen molar-refractivity contribution in [3.05, 3.63) is 35.5 Å². The predicted octanol–water partition coefficient (Wildman–Crippen LogP) is 6.26. The third-order valence-electron chi connectivity index (χ3n) is 10.2. The van der Waals surface area contributed by atoms with Gasteiger partial charge in [-0.05, 0) is 106 Å². The van der Waals surface area contributed by atoms with Crippen LogP contribution in [0.25, 0.3) is 0 Å². The first-order valence-corrected chi connectivity index (χ1v) is 14.5. The van der Waals surface area contributed by atoms with Crippen molar-refractivity contribution in [1.82, 2.24) is 0 Å². The maximum Gasteiger partial charge on any atom is 0.0648 e. The van der Waals surface area contributed by atoms with Crippen LogP contribution in [0, 0.1) is 23.2 Å². The number of allylic oxidation sites excluding steroid dienone is 3. The highest BCUT2D eigenvalue weighted by Crippen LogP contribution is 2.58. The Balaban J connectivity index is 1.35. The Morgan fingerprint density at radius 1 is 1.11 bits per heavy atom. The third kappa shape index (κ3) is 6.14. The molecule has 0 saturated heterocycles. The number of hydrogen-bond donors (Lipinski definition) is 3. The summed E-state index contributed by atoms with van der Waals surface area (Å²) in [7, 11) is 0. The van der Waals surface area contributed by atoms with Gasteiger partial charge in [-0.1, -0.05) is 50.5 Å². The molecule has 3 N–H and O–H groups in total. The minimum Gasteiger partial charge on any atom is -0.396 e. The van der Waals surface area contributed by atoms with Gasteiger partial charge in [0, 0.05) is 12.5 Å². The van der Waals surface area contributed by atoms with Crippen molar-refractivity contribution in [3.8, 4) is 0 Å². The number of ether oxygens (including phenoxy) is 1. The molecule has 4 aliphatic rings. The first-order chi connectivity index (χ1) is 16.8. The molecule has 0 aromatic heterocycles. The molecule has 0 spiro atoms. The number of fused-ring (bicyclic) bond motifs is 1.